The van der Waals surface area contributed by atoms with Crippen LogP contribution in [0.4, 0.5) is 0 Å². The topological polar surface area (TPSA) is 20.3 Å². The molecule has 0 bridgehead atoms. The number of hydrogen-bond donors (Lipinski definition) is 0. The van der Waals surface area contributed by atoms with Gasteiger partial charge in [0.15, 0.2) is 0 Å². The number of amides is 1. The second kappa shape index (κ2) is 6.53. The molecule has 2 fully saturated rings. The maximum absolute atomic E-state index is 12.0. The molecule has 3 heteroatoms. The lowest BCUT2D eigenvalue weighted by atomic mass is 9.86. The van der Waals surface area contributed by atoms with E-state index in [1.807, 2.05) is 11.8 Å². The summed E-state index contributed by atoms with van der Waals surface area (Å²) < 4.78 is 0. The minimum Gasteiger partial charge on any atom is -0.341 e. The van der Waals surface area contributed by atoms with E-state index >= 15 is 0 Å². The van der Waals surface area contributed by atoms with Gasteiger partial charge in [-0.3, -0.25) is 4.79 Å². The Morgan fingerprint density at radius 3 is 2.50 bits per heavy atom. The van der Waals surface area contributed by atoms with Crippen molar-refractivity contribution in [2.24, 2.45) is 5.92 Å². The van der Waals surface area contributed by atoms with Crippen LogP contribution in [0.15, 0.2) is 0 Å². The molecule has 0 spiro atoms. The molecule has 1 aliphatic heterocycles. The third kappa shape index (κ3) is 3.69. The largest absolute Gasteiger partial charge is 0.341 e. The molecule has 1 amide bonds. The van der Waals surface area contributed by atoms with Gasteiger partial charge in [-0.2, -0.15) is 11.8 Å². The zero-order valence-corrected chi connectivity index (χ0v) is 10.9. The Morgan fingerprint density at radius 1 is 1.12 bits per heavy atom. The van der Waals surface area contributed by atoms with Gasteiger partial charge >= 0.3 is 0 Å². The highest BCUT2D eigenvalue weighted by molar-refractivity contribution is 7.99. The predicted molar refractivity (Wildman–Crippen MR) is 69.7 cm³/mol. The third-order valence-corrected chi connectivity index (χ3v) is 4.80. The molecule has 92 valence electrons. The molecule has 0 unspecified atom stereocenters. The summed E-state index contributed by atoms with van der Waals surface area (Å²) >= 11 is 1.97. The van der Waals surface area contributed by atoms with E-state index in [4.69, 9.17) is 0 Å². The fourth-order valence-electron chi connectivity index (χ4n) is 2.77. The van der Waals surface area contributed by atoms with Crippen molar-refractivity contribution in [3.8, 4) is 0 Å². The molecule has 0 N–H and O–H groups in total. The smallest absolute Gasteiger partial charge is 0.222 e. The van der Waals surface area contributed by atoms with Crippen LogP contribution in [-0.2, 0) is 4.79 Å². The quantitative estimate of drug-likeness (QED) is 0.757. The summed E-state index contributed by atoms with van der Waals surface area (Å²) in [6.45, 7) is 1.96. The molecule has 0 aromatic heterocycles. The van der Waals surface area contributed by atoms with Crippen molar-refractivity contribution < 1.29 is 4.79 Å². The molecule has 0 aromatic carbocycles. The second-order valence-corrected chi connectivity index (χ2v) is 6.26. The van der Waals surface area contributed by atoms with E-state index in [0.717, 1.165) is 43.4 Å². The highest BCUT2D eigenvalue weighted by Crippen LogP contribution is 2.27. The average molecular weight is 241 g/mol. The molecule has 16 heavy (non-hydrogen) atoms. The highest BCUT2D eigenvalue weighted by Gasteiger charge is 2.19. The summed E-state index contributed by atoms with van der Waals surface area (Å²) in [6.07, 6.45) is 8.86. The van der Waals surface area contributed by atoms with Gasteiger partial charge in [-0.25, -0.2) is 0 Å². The summed E-state index contributed by atoms with van der Waals surface area (Å²) in [4.78, 5) is 14.0. The average Bonchev–Trinajstić information content (AvgIpc) is 2.38. The van der Waals surface area contributed by atoms with Crippen LogP contribution in [0.1, 0.15) is 44.9 Å². The fourth-order valence-corrected chi connectivity index (χ4v) is 3.68. The zero-order chi connectivity index (χ0) is 11.2. The van der Waals surface area contributed by atoms with Crippen molar-refractivity contribution >= 4 is 17.7 Å². The number of rotatable bonds is 3. The zero-order valence-electron chi connectivity index (χ0n) is 10.1. The Hall–Kier alpha value is -0.180. The van der Waals surface area contributed by atoms with E-state index in [1.165, 1.54) is 32.1 Å². The first-order valence-corrected chi connectivity index (χ1v) is 7.87. The molecule has 0 radical (unpaired) electrons. The van der Waals surface area contributed by atoms with Crippen LogP contribution < -0.4 is 0 Å². The van der Waals surface area contributed by atoms with Crippen molar-refractivity contribution in [3.05, 3.63) is 0 Å². The Bertz CT molecular complexity index is 220. The maximum Gasteiger partial charge on any atom is 0.222 e. The first-order valence-electron chi connectivity index (χ1n) is 6.72. The normalized spacial score (nSPS) is 23.4. The monoisotopic (exact) mass is 241 g/mol. The van der Waals surface area contributed by atoms with E-state index in [9.17, 15) is 4.79 Å². The van der Waals surface area contributed by atoms with Crippen LogP contribution in [0.25, 0.3) is 0 Å². The molecule has 1 heterocycles. The molecule has 0 aromatic rings. The van der Waals surface area contributed by atoms with Crippen LogP contribution in [-0.4, -0.2) is 35.4 Å². The second-order valence-electron chi connectivity index (χ2n) is 5.04. The molecule has 1 aliphatic carbocycles. The molecule has 0 atom stereocenters. The predicted octanol–water partition coefficient (Wildman–Crippen LogP) is 2.92. The standard InChI is InChI=1S/C13H23NOS/c15-13(14-8-10-16-11-9-14)7-6-12-4-2-1-3-5-12/h12H,1-11H2. The van der Waals surface area contributed by atoms with Crippen LogP contribution in [0.3, 0.4) is 0 Å². The summed E-state index contributed by atoms with van der Waals surface area (Å²) in [5.74, 6) is 3.52. The van der Waals surface area contributed by atoms with Crippen LogP contribution >= 0.6 is 11.8 Å². The van der Waals surface area contributed by atoms with Crippen molar-refractivity contribution in [2.45, 2.75) is 44.9 Å². The number of carbonyl (C=O) groups excluding carboxylic acids is 1. The summed E-state index contributed by atoms with van der Waals surface area (Å²) in [5.41, 5.74) is 0. The molecular formula is C13H23NOS. The van der Waals surface area contributed by atoms with Gasteiger partial charge < -0.3 is 4.90 Å². The van der Waals surface area contributed by atoms with Gasteiger partial charge in [0.2, 0.25) is 5.91 Å². The molecule has 2 nitrogen and oxygen atoms in total. The van der Waals surface area contributed by atoms with E-state index in [1.54, 1.807) is 0 Å². The Labute approximate surface area is 103 Å². The summed E-state index contributed by atoms with van der Waals surface area (Å²) in [5, 5.41) is 0. The lowest BCUT2D eigenvalue weighted by Crippen LogP contribution is -2.38. The SMILES string of the molecule is O=C(CCC1CCCCC1)N1CCSCC1. The first kappa shape index (κ1) is 12.3. The van der Waals surface area contributed by atoms with Gasteiger partial charge in [-0.15, -0.1) is 0 Å². The molecule has 2 aliphatic rings. The van der Waals surface area contributed by atoms with Crippen LogP contribution in [0, 0.1) is 5.92 Å². The minimum atomic E-state index is 0.408. The summed E-state index contributed by atoms with van der Waals surface area (Å²) in [7, 11) is 0. The number of thioether (sulfide) groups is 1. The Kier molecular flexibility index (Phi) is 5.01. The molecular weight excluding hydrogens is 218 g/mol. The van der Waals surface area contributed by atoms with Gasteiger partial charge in [-0.05, 0) is 12.3 Å². The van der Waals surface area contributed by atoms with Crippen molar-refractivity contribution in [1.82, 2.24) is 4.90 Å². The Balaban J connectivity index is 1.65. The minimum absolute atomic E-state index is 0.408. The van der Waals surface area contributed by atoms with E-state index in [2.05, 4.69) is 4.90 Å². The van der Waals surface area contributed by atoms with Gasteiger partial charge in [0.25, 0.3) is 0 Å². The van der Waals surface area contributed by atoms with E-state index in [-0.39, 0.29) is 0 Å². The van der Waals surface area contributed by atoms with E-state index < -0.39 is 0 Å². The number of hydrogen-bond acceptors (Lipinski definition) is 2. The van der Waals surface area contributed by atoms with Gasteiger partial charge in [0.05, 0.1) is 0 Å². The van der Waals surface area contributed by atoms with Gasteiger partial charge in [-0.1, -0.05) is 32.1 Å². The summed E-state index contributed by atoms with van der Waals surface area (Å²) in [6, 6.07) is 0. The Morgan fingerprint density at radius 2 is 1.81 bits per heavy atom. The van der Waals surface area contributed by atoms with Crippen LogP contribution in [0.2, 0.25) is 0 Å². The lowest BCUT2D eigenvalue weighted by molar-refractivity contribution is -0.131. The van der Waals surface area contributed by atoms with Crippen molar-refractivity contribution in [2.75, 3.05) is 24.6 Å². The molecule has 1 saturated carbocycles. The van der Waals surface area contributed by atoms with Gasteiger partial charge in [0, 0.05) is 31.0 Å². The maximum atomic E-state index is 12.0. The van der Waals surface area contributed by atoms with Crippen LogP contribution in [0.5, 0.6) is 0 Å². The molecule has 2 rings (SSSR count). The molecule has 1 saturated heterocycles. The lowest BCUT2D eigenvalue weighted by Gasteiger charge is -2.28. The van der Waals surface area contributed by atoms with Gasteiger partial charge in [0.1, 0.15) is 0 Å². The fraction of sp³-hybridized carbons (Fsp3) is 0.923. The van der Waals surface area contributed by atoms with Crippen molar-refractivity contribution in [3.63, 3.8) is 0 Å². The number of nitrogens with zero attached hydrogens (tertiary/aromatic N) is 1. The first-order chi connectivity index (χ1) is 7.86. The van der Waals surface area contributed by atoms with E-state index in [0.29, 0.717) is 5.91 Å². The van der Waals surface area contributed by atoms with Crippen molar-refractivity contribution in [1.29, 1.82) is 0 Å². The highest BCUT2D eigenvalue weighted by atomic mass is 32.2. The third-order valence-electron chi connectivity index (χ3n) is 3.85. The number of carbonyl (C=O) groups is 1.